The van der Waals surface area contributed by atoms with Crippen LogP contribution in [0.5, 0.6) is 0 Å². The van der Waals surface area contributed by atoms with E-state index >= 15 is 0 Å². The van der Waals surface area contributed by atoms with Gasteiger partial charge in [0.2, 0.25) is 5.91 Å². The molecule has 2 aliphatic carbocycles. The predicted octanol–water partition coefficient (Wildman–Crippen LogP) is 3.62. The Hall–Kier alpha value is -2.91. The second-order valence-corrected chi connectivity index (χ2v) is 12.0. The molecule has 1 heterocycles. The molecule has 194 valence electrons. The van der Waals surface area contributed by atoms with Gasteiger partial charge >= 0.3 is 6.18 Å². The van der Waals surface area contributed by atoms with E-state index in [1.54, 1.807) is 20.9 Å². The van der Waals surface area contributed by atoms with Crippen LogP contribution in [-0.4, -0.2) is 47.1 Å². The number of benzene rings is 1. The Morgan fingerprint density at radius 2 is 1.97 bits per heavy atom. The minimum absolute atomic E-state index is 0.125. The molecule has 1 aromatic heterocycles. The van der Waals surface area contributed by atoms with Gasteiger partial charge in [0.1, 0.15) is 5.54 Å². The zero-order valence-corrected chi connectivity index (χ0v) is 20.9. The maximum atomic E-state index is 14.0. The summed E-state index contributed by atoms with van der Waals surface area (Å²) in [7, 11) is -2.86. The maximum absolute atomic E-state index is 14.0. The number of aromatic nitrogens is 2. The third-order valence-corrected chi connectivity index (χ3v) is 8.87. The fourth-order valence-electron chi connectivity index (χ4n) is 4.63. The third-order valence-electron chi connectivity index (χ3n) is 6.64. The molecule has 0 spiro atoms. The fourth-order valence-corrected chi connectivity index (χ4v) is 6.63. The third kappa shape index (κ3) is 5.13. The van der Waals surface area contributed by atoms with E-state index in [9.17, 15) is 31.6 Å². The average Bonchev–Trinajstić information content (AvgIpc) is 3.21. The first kappa shape index (κ1) is 26.2. The summed E-state index contributed by atoms with van der Waals surface area (Å²) < 4.78 is 76.5. The average molecular weight is 525 g/mol. The van der Waals surface area contributed by atoms with E-state index in [0.717, 1.165) is 12.1 Å². The summed E-state index contributed by atoms with van der Waals surface area (Å²) in [6, 6.07) is 5.16. The van der Waals surface area contributed by atoms with Crippen LogP contribution >= 0.6 is 0 Å². The van der Waals surface area contributed by atoms with E-state index in [4.69, 9.17) is 4.74 Å². The number of halogens is 3. The molecule has 36 heavy (non-hydrogen) atoms. The van der Waals surface area contributed by atoms with Crippen LogP contribution in [0.1, 0.15) is 45.1 Å². The van der Waals surface area contributed by atoms with Crippen molar-refractivity contribution in [3.05, 3.63) is 36.2 Å². The van der Waals surface area contributed by atoms with Crippen LogP contribution in [0.4, 0.5) is 13.2 Å². The monoisotopic (exact) mass is 524 g/mol. The number of carbonyl (C=O) groups excluding carboxylic acids is 1. The lowest BCUT2D eigenvalue weighted by molar-refractivity contribution is -0.139. The molecule has 1 aromatic carbocycles. The van der Waals surface area contributed by atoms with E-state index < -0.39 is 55.2 Å². The largest absolute Gasteiger partial charge is 0.417 e. The minimum Gasteiger partial charge on any atom is -0.375 e. The fraction of sp³-hybridized carbons (Fsp3) is 0.542. The number of carbonyl (C=O) groups is 1. The zero-order chi connectivity index (χ0) is 26.5. The number of alkyl halides is 3. The van der Waals surface area contributed by atoms with E-state index in [1.165, 1.54) is 23.1 Å². The molecule has 0 aliphatic heterocycles. The number of hydrogen-bond donors (Lipinski definition) is 1. The van der Waals surface area contributed by atoms with Crippen LogP contribution in [0, 0.1) is 17.2 Å². The molecule has 2 fully saturated rings. The highest BCUT2D eigenvalue weighted by atomic mass is 32.2. The highest BCUT2D eigenvalue weighted by Crippen LogP contribution is 2.43. The normalized spacial score (nSPS) is 23.4. The highest BCUT2D eigenvalue weighted by molar-refractivity contribution is 7.92. The Kier molecular flexibility index (Phi) is 6.68. The number of amides is 1. The summed E-state index contributed by atoms with van der Waals surface area (Å²) in [5, 5.41) is 14.7. The molecule has 2 aromatic rings. The molecular formula is C24H27F3N4O4S. The Labute approximate surface area is 207 Å². The van der Waals surface area contributed by atoms with Gasteiger partial charge in [-0.05, 0) is 57.2 Å². The molecular weight excluding hydrogens is 497 g/mol. The van der Waals surface area contributed by atoms with Crippen molar-refractivity contribution in [2.75, 3.05) is 0 Å². The van der Waals surface area contributed by atoms with E-state index in [0.29, 0.717) is 18.4 Å². The van der Waals surface area contributed by atoms with Gasteiger partial charge in [-0.25, -0.2) is 8.42 Å². The van der Waals surface area contributed by atoms with Crippen molar-refractivity contribution in [1.29, 1.82) is 5.26 Å². The molecule has 2 aliphatic rings. The maximum Gasteiger partial charge on any atom is 0.417 e. The van der Waals surface area contributed by atoms with Crippen LogP contribution < -0.4 is 5.32 Å². The van der Waals surface area contributed by atoms with Crippen molar-refractivity contribution in [2.24, 2.45) is 13.0 Å². The Bertz CT molecular complexity index is 1310. The molecule has 0 radical (unpaired) electrons. The van der Waals surface area contributed by atoms with Crippen molar-refractivity contribution >= 4 is 15.7 Å². The van der Waals surface area contributed by atoms with Crippen molar-refractivity contribution in [2.45, 2.75) is 73.6 Å². The van der Waals surface area contributed by atoms with Gasteiger partial charge in [0.15, 0.2) is 9.84 Å². The lowest BCUT2D eigenvalue weighted by Gasteiger charge is -2.22. The molecule has 2 saturated carbocycles. The molecule has 1 N–H and O–H groups in total. The lowest BCUT2D eigenvalue weighted by Crippen LogP contribution is -2.43. The second-order valence-electron chi connectivity index (χ2n) is 9.76. The number of aryl methyl sites for hydroxylation is 1. The van der Waals surface area contributed by atoms with Gasteiger partial charge in [0.25, 0.3) is 0 Å². The highest BCUT2D eigenvalue weighted by Gasteiger charge is 2.51. The number of rotatable bonds is 7. The predicted molar refractivity (Wildman–Crippen MR) is 123 cm³/mol. The summed E-state index contributed by atoms with van der Waals surface area (Å²) in [5.74, 6) is -1.41. The van der Waals surface area contributed by atoms with Gasteiger partial charge in [-0.15, -0.1) is 0 Å². The Morgan fingerprint density at radius 1 is 1.28 bits per heavy atom. The molecule has 4 rings (SSSR count). The zero-order valence-electron chi connectivity index (χ0n) is 20.0. The van der Waals surface area contributed by atoms with Crippen LogP contribution in [0.15, 0.2) is 35.5 Å². The topological polar surface area (TPSA) is 114 Å². The van der Waals surface area contributed by atoms with Crippen molar-refractivity contribution < 1.29 is 31.1 Å². The van der Waals surface area contributed by atoms with Crippen LogP contribution in [0.25, 0.3) is 11.1 Å². The number of hydrogen-bond acceptors (Lipinski definition) is 6. The smallest absolute Gasteiger partial charge is 0.375 e. The van der Waals surface area contributed by atoms with Crippen molar-refractivity contribution in [3.8, 4) is 17.2 Å². The summed E-state index contributed by atoms with van der Waals surface area (Å²) in [6.07, 6.45) is -2.46. The summed E-state index contributed by atoms with van der Waals surface area (Å²) in [5.41, 5.74) is -1.62. The molecule has 12 heteroatoms. The number of nitriles is 1. The summed E-state index contributed by atoms with van der Waals surface area (Å²) in [4.78, 5) is 12.1. The molecule has 3 atom stereocenters. The minimum atomic E-state index is -4.92. The molecule has 0 bridgehead atoms. The first-order chi connectivity index (χ1) is 16.8. The summed E-state index contributed by atoms with van der Waals surface area (Å²) in [6.45, 7) is 3.46. The Balaban J connectivity index is 1.67. The van der Waals surface area contributed by atoms with Gasteiger partial charge in [0, 0.05) is 18.8 Å². The first-order valence-electron chi connectivity index (χ1n) is 11.6. The molecule has 1 amide bonds. The molecule has 0 saturated heterocycles. The van der Waals surface area contributed by atoms with Crippen LogP contribution in [0.2, 0.25) is 0 Å². The summed E-state index contributed by atoms with van der Waals surface area (Å²) >= 11 is 0. The van der Waals surface area contributed by atoms with E-state index in [1.807, 2.05) is 0 Å². The number of ether oxygens (including phenoxy) is 1. The molecule has 8 nitrogen and oxygen atoms in total. The lowest BCUT2D eigenvalue weighted by atomic mass is 10.0. The van der Waals surface area contributed by atoms with Gasteiger partial charge < -0.3 is 10.1 Å². The standard InChI is InChI=1S/C24H27F3N4O4S/c1-14(2)35-20-10-17(9-18(20)22(32)30-23(13-28)6-7-23)36(33,34)21-5-4-15(8-19(21)24(25,26)27)16-11-29-31(3)12-16/h4-5,8,11-12,14,17-18,20H,6-7,9-10H2,1-3H3,(H,30,32)/t17-,18?,20-/m0/s1. The van der Waals surface area contributed by atoms with Gasteiger partial charge in [0.05, 0.1) is 46.1 Å². The van der Waals surface area contributed by atoms with Crippen LogP contribution in [-0.2, 0) is 32.6 Å². The SMILES string of the molecule is CC(C)O[C@H]1C[C@@H](S(=O)(=O)c2ccc(-c3cnn(C)c3)cc2C(F)(F)F)CC1C(=O)NC1(C#N)CC1. The number of nitrogens with one attached hydrogen (secondary N) is 1. The molecule has 1 unspecified atom stereocenters. The quantitative estimate of drug-likeness (QED) is 0.592. The van der Waals surface area contributed by atoms with Crippen molar-refractivity contribution in [1.82, 2.24) is 15.1 Å². The van der Waals surface area contributed by atoms with Gasteiger partial charge in [-0.3, -0.25) is 9.48 Å². The van der Waals surface area contributed by atoms with Crippen molar-refractivity contribution in [3.63, 3.8) is 0 Å². The number of sulfone groups is 1. The van der Waals surface area contributed by atoms with E-state index in [-0.39, 0.29) is 24.5 Å². The Morgan fingerprint density at radius 3 is 2.50 bits per heavy atom. The van der Waals surface area contributed by atoms with Crippen LogP contribution in [0.3, 0.4) is 0 Å². The first-order valence-corrected chi connectivity index (χ1v) is 13.1. The number of nitrogens with zero attached hydrogens (tertiary/aromatic N) is 3. The van der Waals surface area contributed by atoms with Gasteiger partial charge in [-0.2, -0.15) is 23.5 Å². The van der Waals surface area contributed by atoms with E-state index in [2.05, 4.69) is 16.5 Å². The van der Waals surface area contributed by atoms with Gasteiger partial charge in [-0.1, -0.05) is 6.07 Å². The second kappa shape index (κ2) is 9.19.